The summed E-state index contributed by atoms with van der Waals surface area (Å²) in [5, 5.41) is 14.5. The van der Waals surface area contributed by atoms with Crippen molar-refractivity contribution < 1.29 is 4.74 Å². The molecule has 1 atom stereocenters. The highest BCUT2D eigenvalue weighted by Crippen LogP contribution is 2.21. The molecule has 1 saturated heterocycles. The maximum atomic E-state index is 5.58. The third kappa shape index (κ3) is 3.51. The molecule has 0 spiro atoms. The fourth-order valence-electron chi connectivity index (χ4n) is 2.47. The summed E-state index contributed by atoms with van der Waals surface area (Å²) in [5.41, 5.74) is 3.48. The van der Waals surface area contributed by atoms with Gasteiger partial charge in [-0.2, -0.15) is 10.1 Å². The van der Waals surface area contributed by atoms with E-state index < -0.39 is 0 Å². The van der Waals surface area contributed by atoms with Crippen molar-refractivity contribution in [2.24, 2.45) is 0 Å². The average molecular weight is 299 g/mol. The van der Waals surface area contributed by atoms with Crippen LogP contribution in [0.5, 0.6) is 0 Å². The van der Waals surface area contributed by atoms with Crippen LogP contribution in [-0.4, -0.2) is 34.4 Å². The van der Waals surface area contributed by atoms with E-state index in [1.165, 1.54) is 11.1 Å². The van der Waals surface area contributed by atoms with E-state index in [4.69, 9.17) is 4.74 Å². The Hall–Kier alpha value is -2.21. The molecule has 6 heteroatoms. The number of aromatic nitrogens is 3. The van der Waals surface area contributed by atoms with Crippen LogP contribution in [0.25, 0.3) is 0 Å². The van der Waals surface area contributed by atoms with Crippen molar-refractivity contribution in [3.8, 4) is 0 Å². The molecule has 1 fully saturated rings. The molecule has 116 valence electrons. The normalized spacial score (nSPS) is 17.5. The molecule has 2 aromatic rings. The topological polar surface area (TPSA) is 72.0 Å². The zero-order valence-corrected chi connectivity index (χ0v) is 13.0. The molecule has 2 N–H and O–H groups in total. The second-order valence-electron chi connectivity index (χ2n) is 5.55. The van der Waals surface area contributed by atoms with Gasteiger partial charge in [-0.1, -0.05) is 12.1 Å². The van der Waals surface area contributed by atoms with E-state index in [9.17, 15) is 0 Å². The molecule has 0 amide bonds. The van der Waals surface area contributed by atoms with Crippen LogP contribution in [0.4, 0.5) is 17.5 Å². The van der Waals surface area contributed by atoms with Gasteiger partial charge in [0.15, 0.2) is 5.82 Å². The van der Waals surface area contributed by atoms with E-state index in [0.717, 1.165) is 25.1 Å². The number of hydrogen-bond acceptors (Lipinski definition) is 6. The third-order valence-corrected chi connectivity index (χ3v) is 3.94. The van der Waals surface area contributed by atoms with Gasteiger partial charge in [0.1, 0.15) is 0 Å². The van der Waals surface area contributed by atoms with Gasteiger partial charge in [-0.15, -0.1) is 5.10 Å². The minimum absolute atomic E-state index is 0.249. The smallest absolute Gasteiger partial charge is 0.244 e. The summed E-state index contributed by atoms with van der Waals surface area (Å²) in [6, 6.07) is 6.15. The highest BCUT2D eigenvalue weighted by Gasteiger charge is 2.15. The van der Waals surface area contributed by atoms with E-state index in [1.54, 1.807) is 6.20 Å². The van der Waals surface area contributed by atoms with Crippen molar-refractivity contribution in [2.45, 2.75) is 32.8 Å². The molecule has 1 aromatic carbocycles. The molecule has 1 aromatic heterocycles. The van der Waals surface area contributed by atoms with Crippen LogP contribution in [0.15, 0.2) is 24.4 Å². The summed E-state index contributed by atoms with van der Waals surface area (Å²) in [6.45, 7) is 5.74. The van der Waals surface area contributed by atoms with Crippen LogP contribution >= 0.6 is 0 Å². The second-order valence-corrected chi connectivity index (χ2v) is 5.55. The van der Waals surface area contributed by atoms with Gasteiger partial charge in [0.2, 0.25) is 5.95 Å². The van der Waals surface area contributed by atoms with E-state index in [2.05, 4.69) is 45.7 Å². The first-order valence-corrected chi connectivity index (χ1v) is 7.61. The van der Waals surface area contributed by atoms with Crippen LogP contribution in [0.1, 0.15) is 24.0 Å². The molecule has 3 rings (SSSR count). The predicted molar refractivity (Wildman–Crippen MR) is 86.5 cm³/mol. The van der Waals surface area contributed by atoms with Gasteiger partial charge < -0.3 is 15.4 Å². The number of nitrogens with zero attached hydrogens (tertiary/aromatic N) is 3. The van der Waals surface area contributed by atoms with Crippen LogP contribution in [-0.2, 0) is 4.74 Å². The first-order chi connectivity index (χ1) is 10.7. The molecule has 1 unspecified atom stereocenters. The molecule has 0 radical (unpaired) electrons. The molecule has 0 saturated carbocycles. The number of hydrogen-bond donors (Lipinski definition) is 2. The zero-order valence-electron chi connectivity index (χ0n) is 13.0. The quantitative estimate of drug-likeness (QED) is 0.884. The van der Waals surface area contributed by atoms with Crippen molar-refractivity contribution in [3.05, 3.63) is 35.5 Å². The van der Waals surface area contributed by atoms with E-state index in [0.29, 0.717) is 18.3 Å². The molecular weight excluding hydrogens is 278 g/mol. The monoisotopic (exact) mass is 299 g/mol. The van der Waals surface area contributed by atoms with Crippen LogP contribution in [0.2, 0.25) is 0 Å². The standard InChI is InChI=1S/C16H21N5O/c1-11-5-3-7-14(12(11)2)19-15-10-18-21-16(20-15)17-9-13-6-4-8-22-13/h3,5,7,10,13H,4,6,8-9H2,1-2H3,(H2,17,19,20,21). The van der Waals surface area contributed by atoms with Gasteiger partial charge in [0, 0.05) is 18.8 Å². The molecule has 1 aliphatic heterocycles. The number of nitrogens with one attached hydrogen (secondary N) is 2. The van der Waals surface area contributed by atoms with Gasteiger partial charge >= 0.3 is 0 Å². The molecule has 6 nitrogen and oxygen atoms in total. The molecule has 0 bridgehead atoms. The lowest BCUT2D eigenvalue weighted by Gasteiger charge is -2.12. The van der Waals surface area contributed by atoms with E-state index in [-0.39, 0.29) is 6.10 Å². The highest BCUT2D eigenvalue weighted by atomic mass is 16.5. The Bertz CT molecular complexity index is 640. The molecule has 2 heterocycles. The number of benzene rings is 1. The first kappa shape index (κ1) is 14.7. The van der Waals surface area contributed by atoms with Gasteiger partial charge in [-0.25, -0.2) is 0 Å². The summed E-state index contributed by atoms with van der Waals surface area (Å²) < 4.78 is 5.58. The van der Waals surface area contributed by atoms with Crippen molar-refractivity contribution in [2.75, 3.05) is 23.8 Å². The van der Waals surface area contributed by atoms with Crippen molar-refractivity contribution in [3.63, 3.8) is 0 Å². The minimum Gasteiger partial charge on any atom is -0.376 e. The number of rotatable bonds is 5. The molecule has 22 heavy (non-hydrogen) atoms. The fraction of sp³-hybridized carbons (Fsp3) is 0.438. The number of aryl methyl sites for hydroxylation is 1. The summed E-state index contributed by atoms with van der Waals surface area (Å²) in [7, 11) is 0. The van der Waals surface area contributed by atoms with E-state index in [1.807, 2.05) is 12.1 Å². The Morgan fingerprint density at radius 2 is 2.23 bits per heavy atom. The second kappa shape index (κ2) is 6.70. The first-order valence-electron chi connectivity index (χ1n) is 7.61. The van der Waals surface area contributed by atoms with Gasteiger partial charge in [-0.3, -0.25) is 0 Å². The fourth-order valence-corrected chi connectivity index (χ4v) is 2.47. The Balaban J connectivity index is 1.66. The molecular formula is C16H21N5O. The number of ether oxygens (including phenoxy) is 1. The van der Waals surface area contributed by atoms with Gasteiger partial charge in [-0.05, 0) is 43.9 Å². The molecule has 1 aliphatic rings. The SMILES string of the molecule is Cc1cccc(Nc2cnnc(NCC3CCCO3)n2)c1C. The summed E-state index contributed by atoms with van der Waals surface area (Å²) in [4.78, 5) is 4.45. The Kier molecular flexibility index (Phi) is 4.48. The summed E-state index contributed by atoms with van der Waals surface area (Å²) in [5.74, 6) is 1.20. The lowest BCUT2D eigenvalue weighted by atomic mass is 10.1. The zero-order chi connectivity index (χ0) is 15.4. The highest BCUT2D eigenvalue weighted by molar-refractivity contribution is 5.61. The van der Waals surface area contributed by atoms with Crippen LogP contribution in [0, 0.1) is 13.8 Å². The third-order valence-electron chi connectivity index (χ3n) is 3.94. The summed E-state index contributed by atoms with van der Waals surface area (Å²) in [6.07, 6.45) is 4.08. The number of anilines is 3. The minimum atomic E-state index is 0.249. The largest absolute Gasteiger partial charge is 0.376 e. The molecule has 0 aliphatic carbocycles. The lowest BCUT2D eigenvalue weighted by Crippen LogP contribution is -2.20. The van der Waals surface area contributed by atoms with Crippen molar-refractivity contribution >= 4 is 17.5 Å². The maximum absolute atomic E-state index is 5.58. The van der Waals surface area contributed by atoms with Crippen LogP contribution < -0.4 is 10.6 Å². The Morgan fingerprint density at radius 3 is 3.05 bits per heavy atom. The Morgan fingerprint density at radius 1 is 1.32 bits per heavy atom. The van der Waals surface area contributed by atoms with E-state index >= 15 is 0 Å². The lowest BCUT2D eigenvalue weighted by molar-refractivity contribution is 0.120. The Labute approximate surface area is 130 Å². The summed E-state index contributed by atoms with van der Waals surface area (Å²) >= 11 is 0. The van der Waals surface area contributed by atoms with Crippen molar-refractivity contribution in [1.29, 1.82) is 0 Å². The maximum Gasteiger partial charge on any atom is 0.244 e. The van der Waals surface area contributed by atoms with Gasteiger partial charge in [0.05, 0.1) is 12.3 Å². The van der Waals surface area contributed by atoms with Crippen molar-refractivity contribution in [1.82, 2.24) is 15.2 Å². The predicted octanol–water partition coefficient (Wildman–Crippen LogP) is 2.82. The average Bonchev–Trinajstić information content (AvgIpc) is 3.04. The van der Waals surface area contributed by atoms with Crippen LogP contribution in [0.3, 0.4) is 0 Å². The van der Waals surface area contributed by atoms with Gasteiger partial charge in [0.25, 0.3) is 0 Å².